The van der Waals surface area contributed by atoms with Gasteiger partial charge in [0, 0.05) is 12.3 Å². The predicted octanol–water partition coefficient (Wildman–Crippen LogP) is 3.59. The summed E-state index contributed by atoms with van der Waals surface area (Å²) < 4.78 is 12.9. The van der Waals surface area contributed by atoms with Gasteiger partial charge in [0.1, 0.15) is 17.3 Å². The summed E-state index contributed by atoms with van der Waals surface area (Å²) in [5, 5.41) is 9.48. The van der Waals surface area contributed by atoms with Crippen molar-refractivity contribution in [3.05, 3.63) is 59.4 Å². The third kappa shape index (κ3) is 2.91. The summed E-state index contributed by atoms with van der Waals surface area (Å²) in [5.41, 5.74) is 2.29. The highest BCUT2D eigenvalue weighted by atomic mass is 19.1. The molecule has 0 heterocycles. The van der Waals surface area contributed by atoms with Gasteiger partial charge in [-0.15, -0.1) is 0 Å². The first-order valence-corrected chi connectivity index (χ1v) is 5.24. The zero-order chi connectivity index (χ0) is 12.3. The summed E-state index contributed by atoms with van der Waals surface area (Å²) in [4.78, 5) is 4.05. The van der Waals surface area contributed by atoms with Gasteiger partial charge in [-0.2, -0.15) is 0 Å². The van der Waals surface area contributed by atoms with Crippen LogP contribution < -0.4 is 0 Å². The molecule has 0 fully saturated rings. The first-order chi connectivity index (χ1) is 8.15. The number of hydrogen-bond donors (Lipinski definition) is 1. The number of rotatable bonds is 2. The molecular weight excluding hydrogens is 217 g/mol. The Morgan fingerprint density at radius 3 is 2.53 bits per heavy atom. The molecule has 0 saturated carbocycles. The van der Waals surface area contributed by atoms with Gasteiger partial charge in [-0.1, -0.05) is 29.8 Å². The van der Waals surface area contributed by atoms with E-state index in [1.54, 1.807) is 6.21 Å². The van der Waals surface area contributed by atoms with Gasteiger partial charge in [-0.25, -0.2) is 4.39 Å². The first-order valence-electron chi connectivity index (χ1n) is 5.24. The Labute approximate surface area is 99.1 Å². The Kier molecular flexibility index (Phi) is 3.19. The summed E-state index contributed by atoms with van der Waals surface area (Å²) in [6.45, 7) is 2.00. The molecule has 2 aromatic rings. The van der Waals surface area contributed by atoms with Crippen LogP contribution in [-0.4, -0.2) is 11.3 Å². The summed E-state index contributed by atoms with van der Waals surface area (Å²) >= 11 is 0. The van der Waals surface area contributed by atoms with Crippen LogP contribution in [0.25, 0.3) is 0 Å². The molecule has 1 N–H and O–H groups in total. The Hall–Kier alpha value is -2.16. The molecule has 0 radical (unpaired) electrons. The lowest BCUT2D eigenvalue weighted by Crippen LogP contribution is -1.81. The fourth-order valence-electron chi connectivity index (χ4n) is 1.40. The monoisotopic (exact) mass is 229 g/mol. The maximum atomic E-state index is 12.9. The highest BCUT2D eigenvalue weighted by molar-refractivity contribution is 5.82. The van der Waals surface area contributed by atoms with E-state index >= 15 is 0 Å². The number of nitrogens with zero attached hydrogens (tertiary/aromatic N) is 1. The van der Waals surface area contributed by atoms with Crippen molar-refractivity contribution in [3.8, 4) is 5.75 Å². The van der Waals surface area contributed by atoms with Gasteiger partial charge in [-0.05, 0) is 24.6 Å². The van der Waals surface area contributed by atoms with Crippen molar-refractivity contribution < 1.29 is 9.50 Å². The molecule has 0 aliphatic carbocycles. The van der Waals surface area contributed by atoms with Crippen molar-refractivity contribution in [3.63, 3.8) is 0 Å². The molecule has 3 heteroatoms. The number of halogens is 1. The van der Waals surface area contributed by atoms with Crippen LogP contribution in [0.3, 0.4) is 0 Å². The normalized spacial score (nSPS) is 10.9. The predicted molar refractivity (Wildman–Crippen MR) is 66.5 cm³/mol. The van der Waals surface area contributed by atoms with Crippen LogP contribution in [0.5, 0.6) is 5.75 Å². The second kappa shape index (κ2) is 4.78. The topological polar surface area (TPSA) is 32.6 Å². The molecule has 2 aromatic carbocycles. The molecule has 2 rings (SSSR count). The van der Waals surface area contributed by atoms with E-state index in [1.165, 1.54) is 18.2 Å². The molecule has 0 bridgehead atoms. The van der Waals surface area contributed by atoms with Gasteiger partial charge < -0.3 is 5.11 Å². The number of aromatic hydroxyl groups is 1. The summed E-state index contributed by atoms with van der Waals surface area (Å²) in [5.74, 6) is -0.450. The molecule has 0 spiro atoms. The van der Waals surface area contributed by atoms with Crippen LogP contribution in [0.4, 0.5) is 10.1 Å². The number of phenolic OH excluding ortho intramolecular Hbond substituents is 1. The van der Waals surface area contributed by atoms with Crippen LogP contribution >= 0.6 is 0 Å². The average molecular weight is 229 g/mol. The number of aliphatic imine (C=N–C) groups is 1. The van der Waals surface area contributed by atoms with Crippen LogP contribution in [0.1, 0.15) is 11.1 Å². The summed E-state index contributed by atoms with van der Waals surface area (Å²) in [6.07, 6.45) is 1.59. The molecule has 0 aliphatic heterocycles. The van der Waals surface area contributed by atoms with Crippen LogP contribution in [0, 0.1) is 12.7 Å². The number of hydrogen-bond acceptors (Lipinski definition) is 2. The van der Waals surface area contributed by atoms with Crippen LogP contribution in [-0.2, 0) is 0 Å². The van der Waals surface area contributed by atoms with Crippen molar-refractivity contribution in [1.29, 1.82) is 0 Å². The van der Waals surface area contributed by atoms with Crippen LogP contribution in [0.2, 0.25) is 0 Å². The molecule has 0 aromatic heterocycles. The standard InChI is InChI=1S/C14H12FNO/c1-10-2-4-11(5-3-10)9-16-13-8-12(15)6-7-14(13)17/h2-9,17H,1H3. The fourth-order valence-corrected chi connectivity index (χ4v) is 1.40. The largest absolute Gasteiger partial charge is 0.506 e. The van der Waals surface area contributed by atoms with Crippen LogP contribution in [0.15, 0.2) is 47.5 Å². The van der Waals surface area contributed by atoms with Gasteiger partial charge in [0.15, 0.2) is 0 Å². The Morgan fingerprint density at radius 2 is 1.82 bits per heavy atom. The molecule has 0 aliphatic rings. The molecule has 86 valence electrons. The third-order valence-corrected chi connectivity index (χ3v) is 2.37. The highest BCUT2D eigenvalue weighted by Gasteiger charge is 1.99. The molecule has 0 saturated heterocycles. The molecule has 17 heavy (non-hydrogen) atoms. The van der Waals surface area contributed by atoms with Gasteiger partial charge in [0.25, 0.3) is 0 Å². The number of benzene rings is 2. The van der Waals surface area contributed by atoms with E-state index in [0.717, 1.165) is 11.1 Å². The second-order valence-corrected chi connectivity index (χ2v) is 3.80. The van der Waals surface area contributed by atoms with Gasteiger partial charge in [0.05, 0.1) is 0 Å². The van der Waals surface area contributed by atoms with E-state index in [4.69, 9.17) is 0 Å². The Balaban J connectivity index is 2.25. The second-order valence-electron chi connectivity index (χ2n) is 3.80. The highest BCUT2D eigenvalue weighted by Crippen LogP contribution is 2.26. The Morgan fingerprint density at radius 1 is 1.12 bits per heavy atom. The third-order valence-electron chi connectivity index (χ3n) is 2.37. The zero-order valence-electron chi connectivity index (χ0n) is 9.39. The van der Waals surface area contributed by atoms with E-state index in [9.17, 15) is 9.50 Å². The van der Waals surface area contributed by atoms with Crippen molar-refractivity contribution in [2.24, 2.45) is 4.99 Å². The molecule has 2 nitrogen and oxygen atoms in total. The van der Waals surface area contributed by atoms with Crippen molar-refractivity contribution in [2.75, 3.05) is 0 Å². The van der Waals surface area contributed by atoms with Crippen molar-refractivity contribution in [2.45, 2.75) is 6.92 Å². The first kappa shape index (κ1) is 11.3. The maximum absolute atomic E-state index is 12.9. The van der Waals surface area contributed by atoms with Gasteiger partial charge in [0.2, 0.25) is 0 Å². The quantitative estimate of drug-likeness (QED) is 0.784. The summed E-state index contributed by atoms with van der Waals surface area (Å²) in [7, 11) is 0. The minimum Gasteiger partial charge on any atom is -0.506 e. The minimum absolute atomic E-state index is 0.0326. The summed E-state index contributed by atoms with van der Waals surface area (Å²) in [6, 6.07) is 11.4. The molecule has 0 atom stereocenters. The Bertz CT molecular complexity index is 547. The van der Waals surface area contributed by atoms with Crippen molar-refractivity contribution in [1.82, 2.24) is 0 Å². The SMILES string of the molecule is Cc1ccc(C=Nc2cc(F)ccc2O)cc1. The zero-order valence-corrected chi connectivity index (χ0v) is 9.39. The van der Waals surface area contributed by atoms with E-state index in [-0.39, 0.29) is 11.4 Å². The maximum Gasteiger partial charge on any atom is 0.141 e. The van der Waals surface area contributed by atoms with E-state index in [1.807, 2.05) is 31.2 Å². The molecular formula is C14H12FNO. The molecule has 0 amide bonds. The van der Waals surface area contributed by atoms with Gasteiger partial charge in [-0.3, -0.25) is 4.99 Å². The number of phenols is 1. The number of aryl methyl sites for hydroxylation is 1. The smallest absolute Gasteiger partial charge is 0.141 e. The van der Waals surface area contributed by atoms with E-state index < -0.39 is 5.82 Å². The average Bonchev–Trinajstić information content (AvgIpc) is 2.32. The fraction of sp³-hybridized carbons (Fsp3) is 0.0714. The van der Waals surface area contributed by atoms with E-state index in [2.05, 4.69) is 4.99 Å². The molecule has 0 unspecified atom stereocenters. The lowest BCUT2D eigenvalue weighted by atomic mass is 10.2. The van der Waals surface area contributed by atoms with Gasteiger partial charge >= 0.3 is 0 Å². The lowest BCUT2D eigenvalue weighted by Gasteiger charge is -1.98. The lowest BCUT2D eigenvalue weighted by molar-refractivity contribution is 0.475. The minimum atomic E-state index is -0.418. The van der Waals surface area contributed by atoms with Crippen molar-refractivity contribution >= 4 is 11.9 Å². The van der Waals surface area contributed by atoms with E-state index in [0.29, 0.717) is 0 Å².